The Morgan fingerprint density at radius 2 is 2.03 bits per heavy atom. The summed E-state index contributed by atoms with van der Waals surface area (Å²) >= 11 is 1.67. The highest BCUT2D eigenvalue weighted by Crippen LogP contribution is 2.48. The third-order valence-electron chi connectivity index (χ3n) is 5.47. The topological polar surface area (TPSA) is 143 Å². The number of thioether (sulfide) groups is 1. The van der Waals surface area contributed by atoms with Gasteiger partial charge >= 0.3 is 0 Å². The van der Waals surface area contributed by atoms with Crippen molar-refractivity contribution in [3.8, 4) is 0 Å². The van der Waals surface area contributed by atoms with E-state index in [1.165, 1.54) is 0 Å². The minimum Gasteiger partial charge on any atom is -0.370 e. The van der Waals surface area contributed by atoms with Gasteiger partial charge in [-0.2, -0.15) is 0 Å². The van der Waals surface area contributed by atoms with Crippen molar-refractivity contribution in [2.24, 2.45) is 22.4 Å². The zero-order valence-electron chi connectivity index (χ0n) is 19.1. The monoisotopic (exact) mass is 510 g/mol. The zero-order chi connectivity index (χ0) is 22.5. The van der Waals surface area contributed by atoms with Gasteiger partial charge in [0.15, 0.2) is 5.96 Å². The molecule has 0 bridgehead atoms. The first-order valence-electron chi connectivity index (χ1n) is 10.3. The van der Waals surface area contributed by atoms with E-state index in [0.717, 1.165) is 6.29 Å². The van der Waals surface area contributed by atoms with Crippen LogP contribution in [0.3, 0.4) is 0 Å². The molecule has 2 aliphatic rings. The highest BCUT2D eigenvalue weighted by Gasteiger charge is 2.54. The molecule has 2 saturated heterocycles. The van der Waals surface area contributed by atoms with Crippen LogP contribution in [0.15, 0.2) is 10.6 Å². The molecule has 2 fully saturated rings. The summed E-state index contributed by atoms with van der Waals surface area (Å²) in [6.45, 7) is 9.75. The fourth-order valence-corrected chi connectivity index (χ4v) is 5.66. The SMILES string of the molecule is CC(C)C1(N(C(=O)[C@@H]2CC(=C=O)CN2)[C@H](C=O)CCCN=C(N)N)NCC(C)(C)S1.Cl.Cl. The van der Waals surface area contributed by atoms with Crippen LogP contribution < -0.4 is 22.1 Å². The van der Waals surface area contributed by atoms with Gasteiger partial charge in [0, 0.05) is 36.4 Å². The summed E-state index contributed by atoms with van der Waals surface area (Å²) in [5.74, 6) is 1.75. The Bertz CT molecular complexity index is 741. The summed E-state index contributed by atoms with van der Waals surface area (Å²) in [5.41, 5.74) is 11.3. The van der Waals surface area contributed by atoms with Gasteiger partial charge < -0.3 is 26.5 Å². The number of nitrogens with one attached hydrogen (secondary N) is 2. The molecular weight excluding hydrogens is 475 g/mol. The van der Waals surface area contributed by atoms with E-state index in [1.54, 1.807) is 16.7 Å². The molecule has 0 saturated carbocycles. The van der Waals surface area contributed by atoms with Crippen molar-refractivity contribution in [2.45, 2.75) is 68.8 Å². The van der Waals surface area contributed by atoms with Gasteiger partial charge in [-0.1, -0.05) is 13.8 Å². The van der Waals surface area contributed by atoms with Gasteiger partial charge in [-0.25, -0.2) is 4.79 Å². The first-order valence-corrected chi connectivity index (χ1v) is 11.1. The smallest absolute Gasteiger partial charge is 0.242 e. The molecule has 6 N–H and O–H groups in total. The Kier molecular flexibility index (Phi) is 12.3. The number of carbonyl (C=O) groups is 2. The largest absolute Gasteiger partial charge is 0.370 e. The number of aliphatic imine (C=N–C) groups is 1. The molecule has 3 atom stereocenters. The standard InChI is InChI=1S/C20H34N6O3S.2ClH/c1-13(2)20(25-12-19(3,4)30-20)26(15(11-28)6-5-7-23-18(21)22)17(29)16-8-14(10-27)9-24-16;;/h11,13,15-16,24-25H,5-9,12H2,1-4H3,(H4,21,22,23);2*1H/t15-,16-,20?;;/m0../s1. The normalized spacial score (nSPS) is 24.7. The van der Waals surface area contributed by atoms with Crippen LogP contribution in [0.25, 0.3) is 0 Å². The van der Waals surface area contributed by atoms with Gasteiger partial charge in [0.05, 0.1) is 12.1 Å². The number of guanidine groups is 1. The van der Waals surface area contributed by atoms with E-state index in [-0.39, 0.29) is 47.3 Å². The highest BCUT2D eigenvalue weighted by molar-refractivity contribution is 8.02. The predicted molar refractivity (Wildman–Crippen MR) is 134 cm³/mol. The first kappa shape index (κ1) is 30.7. The summed E-state index contributed by atoms with van der Waals surface area (Å²) in [4.78, 5) is 41.9. The second kappa shape index (κ2) is 12.8. The summed E-state index contributed by atoms with van der Waals surface area (Å²) in [7, 11) is 0. The fraction of sp³-hybridized carbons (Fsp3) is 0.750. The molecule has 2 rings (SSSR count). The van der Waals surface area contributed by atoms with Gasteiger partial charge in [0.1, 0.15) is 17.2 Å². The molecule has 0 spiro atoms. The van der Waals surface area contributed by atoms with Crippen LogP contribution in [0.4, 0.5) is 0 Å². The van der Waals surface area contributed by atoms with E-state index >= 15 is 0 Å². The molecule has 0 aromatic heterocycles. The molecule has 1 amide bonds. The van der Waals surface area contributed by atoms with Crippen molar-refractivity contribution >= 4 is 60.7 Å². The number of hydrogen-bond donors (Lipinski definition) is 4. The molecular formula is C20H36Cl2N6O3S. The molecule has 184 valence electrons. The van der Waals surface area contributed by atoms with Gasteiger partial charge in [0.2, 0.25) is 5.91 Å². The lowest BCUT2D eigenvalue weighted by molar-refractivity contribution is -0.145. The zero-order valence-corrected chi connectivity index (χ0v) is 21.5. The summed E-state index contributed by atoms with van der Waals surface area (Å²) in [6, 6.07) is -1.20. The van der Waals surface area contributed by atoms with Crippen LogP contribution in [-0.4, -0.2) is 70.5 Å². The summed E-state index contributed by atoms with van der Waals surface area (Å²) in [6.07, 6.45) is 2.13. The molecule has 0 aromatic carbocycles. The maximum absolute atomic E-state index is 13.7. The van der Waals surface area contributed by atoms with E-state index in [2.05, 4.69) is 29.5 Å². The van der Waals surface area contributed by atoms with Crippen LogP contribution in [0, 0.1) is 5.92 Å². The van der Waals surface area contributed by atoms with E-state index in [1.807, 2.05) is 19.8 Å². The fourth-order valence-electron chi connectivity index (χ4n) is 3.96. The Balaban J connectivity index is 0.00000480. The minimum atomic E-state index is -0.738. The van der Waals surface area contributed by atoms with Crippen molar-refractivity contribution in [2.75, 3.05) is 19.6 Å². The number of carbonyl (C=O) groups excluding carboxylic acids is 3. The average Bonchev–Trinajstić information content (AvgIpc) is 3.28. The lowest BCUT2D eigenvalue weighted by Gasteiger charge is -2.47. The van der Waals surface area contributed by atoms with E-state index in [4.69, 9.17) is 11.5 Å². The number of hydrogen-bond acceptors (Lipinski definition) is 7. The quantitative estimate of drug-likeness (QED) is 0.117. The predicted octanol–water partition coefficient (Wildman–Crippen LogP) is 0.824. The maximum atomic E-state index is 13.7. The van der Waals surface area contributed by atoms with Crippen LogP contribution in [0.2, 0.25) is 0 Å². The number of halogens is 2. The third-order valence-corrected chi connectivity index (χ3v) is 7.29. The van der Waals surface area contributed by atoms with Crippen molar-refractivity contribution in [3.05, 3.63) is 5.57 Å². The van der Waals surface area contributed by atoms with Crippen LogP contribution in [-0.2, 0) is 14.4 Å². The van der Waals surface area contributed by atoms with Gasteiger partial charge in [-0.05, 0) is 32.6 Å². The number of rotatable bonds is 9. The lowest BCUT2D eigenvalue weighted by Crippen LogP contribution is -2.65. The molecule has 0 aliphatic carbocycles. The highest BCUT2D eigenvalue weighted by atomic mass is 35.5. The van der Waals surface area contributed by atoms with E-state index < -0.39 is 17.1 Å². The molecule has 32 heavy (non-hydrogen) atoms. The third kappa shape index (κ3) is 7.10. The Morgan fingerprint density at radius 3 is 2.47 bits per heavy atom. The van der Waals surface area contributed by atoms with Crippen molar-refractivity contribution in [3.63, 3.8) is 0 Å². The van der Waals surface area contributed by atoms with Gasteiger partial charge in [-0.15, -0.1) is 36.6 Å². The Hall–Kier alpha value is -1.29. The first-order chi connectivity index (χ1) is 14.1. The molecule has 9 nitrogen and oxygen atoms in total. The van der Waals surface area contributed by atoms with E-state index in [0.29, 0.717) is 44.5 Å². The second-order valence-corrected chi connectivity index (χ2v) is 10.7. The minimum absolute atomic E-state index is 0. The molecule has 0 radical (unpaired) electrons. The Morgan fingerprint density at radius 1 is 1.38 bits per heavy atom. The second-order valence-electron chi connectivity index (χ2n) is 8.77. The lowest BCUT2D eigenvalue weighted by atomic mass is 10.0. The van der Waals surface area contributed by atoms with Gasteiger partial charge in [-0.3, -0.25) is 15.1 Å². The maximum Gasteiger partial charge on any atom is 0.242 e. The average molecular weight is 512 g/mol. The van der Waals surface area contributed by atoms with Crippen LogP contribution >= 0.6 is 36.6 Å². The number of amides is 1. The van der Waals surface area contributed by atoms with Crippen LogP contribution in [0.5, 0.6) is 0 Å². The molecule has 12 heteroatoms. The molecule has 0 aromatic rings. The molecule has 2 aliphatic heterocycles. The number of nitrogens with zero attached hydrogens (tertiary/aromatic N) is 2. The molecule has 1 unspecified atom stereocenters. The van der Waals surface area contributed by atoms with Crippen molar-refractivity contribution in [1.29, 1.82) is 0 Å². The van der Waals surface area contributed by atoms with E-state index in [9.17, 15) is 14.4 Å². The Labute approximate surface area is 206 Å². The van der Waals surface area contributed by atoms with Crippen molar-refractivity contribution in [1.82, 2.24) is 15.5 Å². The van der Waals surface area contributed by atoms with Gasteiger partial charge in [0.25, 0.3) is 0 Å². The summed E-state index contributed by atoms with van der Waals surface area (Å²) in [5, 5.41) is 6.64. The van der Waals surface area contributed by atoms with Crippen molar-refractivity contribution < 1.29 is 14.4 Å². The summed E-state index contributed by atoms with van der Waals surface area (Å²) < 4.78 is -0.106. The number of nitrogens with two attached hydrogens (primary N) is 2. The molecule has 2 heterocycles. The number of aldehydes is 1. The van der Waals surface area contributed by atoms with Crippen LogP contribution in [0.1, 0.15) is 47.0 Å².